The third-order valence-electron chi connectivity index (χ3n) is 5.38. The molecule has 1 fully saturated rings. The quantitative estimate of drug-likeness (QED) is 0.876. The molecule has 0 saturated heterocycles. The Balaban J connectivity index is 1.49. The number of carbonyl (C=O) groups excluding carboxylic acids is 1. The van der Waals surface area contributed by atoms with Crippen LogP contribution in [-0.4, -0.2) is 33.5 Å². The lowest BCUT2D eigenvalue weighted by Gasteiger charge is -2.30. The molecule has 1 saturated carbocycles. The first-order valence-electron chi connectivity index (χ1n) is 9.54. The number of carbonyl (C=O) groups is 1. The lowest BCUT2D eigenvalue weighted by molar-refractivity contribution is 0.167. The Labute approximate surface area is 159 Å². The van der Waals surface area contributed by atoms with Gasteiger partial charge < -0.3 is 19.7 Å². The highest BCUT2D eigenvalue weighted by Gasteiger charge is 2.28. The van der Waals surface area contributed by atoms with Crippen molar-refractivity contribution in [1.82, 2.24) is 20.0 Å². The molecule has 4 rings (SSSR count). The molecule has 1 N–H and O–H groups in total. The zero-order chi connectivity index (χ0) is 18.8. The maximum absolute atomic E-state index is 13.1. The Kier molecular flexibility index (Phi) is 4.92. The highest BCUT2D eigenvalue weighted by atomic mass is 16.7. The molecule has 1 aromatic carbocycles. The van der Waals surface area contributed by atoms with Gasteiger partial charge in [-0.1, -0.05) is 18.9 Å². The fourth-order valence-electron chi connectivity index (χ4n) is 3.83. The number of aryl methyl sites for hydroxylation is 1. The highest BCUT2D eigenvalue weighted by molar-refractivity contribution is 5.75. The van der Waals surface area contributed by atoms with Crippen molar-refractivity contribution >= 4 is 6.03 Å². The van der Waals surface area contributed by atoms with E-state index in [0.29, 0.717) is 6.54 Å². The number of rotatable bonds is 5. The van der Waals surface area contributed by atoms with Gasteiger partial charge in [-0.25, -0.2) is 4.79 Å². The van der Waals surface area contributed by atoms with Gasteiger partial charge in [-0.2, -0.15) is 5.10 Å². The summed E-state index contributed by atoms with van der Waals surface area (Å²) in [6, 6.07) is 6.05. The minimum Gasteiger partial charge on any atom is -0.454 e. The number of hydrogen-bond donors (Lipinski definition) is 1. The summed E-state index contributed by atoms with van der Waals surface area (Å²) in [5.41, 5.74) is 2.05. The van der Waals surface area contributed by atoms with Crippen LogP contribution in [0.2, 0.25) is 0 Å². The Morgan fingerprint density at radius 1 is 1.33 bits per heavy atom. The normalized spacial score (nSPS) is 17.1. The van der Waals surface area contributed by atoms with E-state index < -0.39 is 0 Å². The Bertz CT molecular complexity index is 813. The first-order valence-corrected chi connectivity index (χ1v) is 9.54. The third-order valence-corrected chi connectivity index (χ3v) is 5.38. The van der Waals surface area contributed by atoms with Crippen molar-refractivity contribution in [2.24, 2.45) is 7.05 Å². The second-order valence-electron chi connectivity index (χ2n) is 7.37. The maximum atomic E-state index is 13.1. The lowest BCUT2D eigenvalue weighted by Crippen LogP contribution is -2.45. The Morgan fingerprint density at radius 3 is 2.85 bits per heavy atom. The minimum absolute atomic E-state index is 0.0316. The number of nitrogens with one attached hydrogen (secondary N) is 1. The molecule has 0 unspecified atom stereocenters. The number of fused-ring (bicyclic) bond motifs is 1. The number of hydrogen-bond acceptors (Lipinski definition) is 4. The molecule has 7 nitrogen and oxygen atoms in total. The summed E-state index contributed by atoms with van der Waals surface area (Å²) >= 11 is 0. The third kappa shape index (κ3) is 3.86. The van der Waals surface area contributed by atoms with Crippen LogP contribution >= 0.6 is 0 Å². The predicted octanol–water partition coefficient (Wildman–Crippen LogP) is 3.36. The van der Waals surface area contributed by atoms with Crippen LogP contribution in [0.4, 0.5) is 4.79 Å². The molecule has 0 radical (unpaired) electrons. The van der Waals surface area contributed by atoms with E-state index in [1.165, 1.54) is 12.8 Å². The van der Waals surface area contributed by atoms with Crippen molar-refractivity contribution in [2.75, 3.05) is 6.79 Å². The average molecular weight is 370 g/mol. The fourth-order valence-corrected chi connectivity index (χ4v) is 3.83. The molecule has 1 aromatic heterocycles. The van der Waals surface area contributed by atoms with Gasteiger partial charge in [-0.3, -0.25) is 4.68 Å². The number of urea groups is 1. The smallest absolute Gasteiger partial charge is 0.318 e. The summed E-state index contributed by atoms with van der Waals surface area (Å²) in [6.07, 6.45) is 8.19. The Hall–Kier alpha value is -2.70. The molecule has 1 aliphatic heterocycles. The zero-order valence-corrected chi connectivity index (χ0v) is 15.9. The van der Waals surface area contributed by atoms with Gasteiger partial charge in [-0.05, 0) is 37.5 Å². The van der Waals surface area contributed by atoms with Crippen molar-refractivity contribution < 1.29 is 14.3 Å². The number of ether oxygens (including phenoxy) is 2. The molecule has 2 aromatic rings. The second-order valence-corrected chi connectivity index (χ2v) is 7.37. The Morgan fingerprint density at radius 2 is 2.11 bits per heavy atom. The van der Waals surface area contributed by atoms with Gasteiger partial charge in [0.25, 0.3) is 0 Å². The number of benzene rings is 1. The van der Waals surface area contributed by atoms with Crippen LogP contribution in [0.3, 0.4) is 0 Å². The van der Waals surface area contributed by atoms with Crippen molar-refractivity contribution in [3.8, 4) is 11.5 Å². The standard InChI is InChI=1S/C20H26N4O3/c1-14(16-10-21-23(2)12-16)22-20(25)24(17-5-3-4-6-17)11-15-7-8-18-19(9-15)27-13-26-18/h7-10,12,14,17H,3-6,11,13H2,1-2H3,(H,22,25)/t14-/m1/s1. The first-order chi connectivity index (χ1) is 13.1. The maximum Gasteiger partial charge on any atom is 0.318 e. The number of aromatic nitrogens is 2. The van der Waals surface area contributed by atoms with Crippen LogP contribution in [-0.2, 0) is 13.6 Å². The molecule has 144 valence electrons. The topological polar surface area (TPSA) is 68.6 Å². The monoisotopic (exact) mass is 370 g/mol. The van der Waals surface area contributed by atoms with Crippen molar-refractivity contribution in [3.05, 3.63) is 41.7 Å². The molecule has 2 aliphatic rings. The summed E-state index contributed by atoms with van der Waals surface area (Å²) in [5.74, 6) is 1.52. The SMILES string of the molecule is C[C@@H](NC(=O)N(Cc1ccc2c(c1)OCO2)C1CCCC1)c1cnn(C)c1. The van der Waals surface area contributed by atoms with Gasteiger partial charge in [-0.15, -0.1) is 0 Å². The minimum atomic E-state index is -0.0909. The van der Waals surface area contributed by atoms with E-state index >= 15 is 0 Å². The fraction of sp³-hybridized carbons (Fsp3) is 0.500. The molecular weight excluding hydrogens is 344 g/mol. The van der Waals surface area contributed by atoms with Crippen molar-refractivity contribution in [2.45, 2.75) is 51.2 Å². The van der Waals surface area contributed by atoms with Crippen LogP contribution in [0.25, 0.3) is 0 Å². The predicted molar refractivity (Wildman–Crippen MR) is 101 cm³/mol. The van der Waals surface area contributed by atoms with E-state index in [2.05, 4.69) is 10.4 Å². The summed E-state index contributed by atoms with van der Waals surface area (Å²) in [6.45, 7) is 2.81. The van der Waals surface area contributed by atoms with Crippen LogP contribution in [0.5, 0.6) is 11.5 Å². The summed E-state index contributed by atoms with van der Waals surface area (Å²) in [7, 11) is 1.88. The molecule has 1 aliphatic carbocycles. The second kappa shape index (κ2) is 7.50. The molecule has 27 heavy (non-hydrogen) atoms. The molecular formula is C20H26N4O3. The van der Waals surface area contributed by atoms with Gasteiger partial charge in [0.15, 0.2) is 11.5 Å². The van der Waals surface area contributed by atoms with Gasteiger partial charge in [0.1, 0.15) is 0 Å². The van der Waals surface area contributed by atoms with E-state index in [4.69, 9.17) is 9.47 Å². The van der Waals surface area contributed by atoms with E-state index in [1.807, 2.05) is 43.3 Å². The van der Waals surface area contributed by atoms with Gasteiger partial charge in [0.2, 0.25) is 6.79 Å². The van der Waals surface area contributed by atoms with E-state index in [0.717, 1.165) is 35.5 Å². The summed E-state index contributed by atoms with van der Waals surface area (Å²) in [4.78, 5) is 15.1. The van der Waals surface area contributed by atoms with Gasteiger partial charge in [0, 0.05) is 31.4 Å². The highest BCUT2D eigenvalue weighted by Crippen LogP contribution is 2.33. The zero-order valence-electron chi connectivity index (χ0n) is 15.9. The van der Waals surface area contributed by atoms with Gasteiger partial charge >= 0.3 is 6.03 Å². The van der Waals surface area contributed by atoms with E-state index in [1.54, 1.807) is 10.9 Å². The van der Waals surface area contributed by atoms with Crippen LogP contribution in [0, 0.1) is 0 Å². The first kappa shape index (κ1) is 17.7. The van der Waals surface area contributed by atoms with Crippen LogP contribution in [0.1, 0.15) is 49.8 Å². The van der Waals surface area contributed by atoms with E-state index in [-0.39, 0.29) is 24.9 Å². The van der Waals surface area contributed by atoms with Crippen LogP contribution < -0.4 is 14.8 Å². The largest absolute Gasteiger partial charge is 0.454 e. The van der Waals surface area contributed by atoms with Crippen molar-refractivity contribution in [1.29, 1.82) is 0 Å². The van der Waals surface area contributed by atoms with E-state index in [9.17, 15) is 4.79 Å². The molecule has 2 amide bonds. The lowest BCUT2D eigenvalue weighted by atomic mass is 10.1. The molecule has 1 atom stereocenters. The average Bonchev–Trinajstić information content (AvgIpc) is 3.40. The van der Waals surface area contributed by atoms with Gasteiger partial charge in [0.05, 0.1) is 12.2 Å². The summed E-state index contributed by atoms with van der Waals surface area (Å²) < 4.78 is 12.6. The summed E-state index contributed by atoms with van der Waals surface area (Å²) in [5, 5.41) is 7.33. The molecule has 0 bridgehead atoms. The number of nitrogens with zero attached hydrogens (tertiary/aromatic N) is 3. The molecule has 2 heterocycles. The molecule has 7 heteroatoms. The number of amides is 2. The van der Waals surface area contributed by atoms with Crippen LogP contribution in [0.15, 0.2) is 30.6 Å². The van der Waals surface area contributed by atoms with Crippen molar-refractivity contribution in [3.63, 3.8) is 0 Å². The molecule has 0 spiro atoms.